The maximum absolute atomic E-state index is 5.57. The number of anilines is 1. The largest absolute Gasteiger partial charge is 0.350 e. The molecule has 1 aromatic heterocycles. The SMILES string of the molecule is CN(CC1CCCN1C)c1nc(CN)cs1. The van der Waals surface area contributed by atoms with Crippen molar-refractivity contribution < 1.29 is 0 Å². The smallest absolute Gasteiger partial charge is 0.185 e. The second-order valence-corrected chi connectivity index (χ2v) is 5.32. The van der Waals surface area contributed by atoms with E-state index in [4.69, 9.17) is 5.73 Å². The number of nitrogens with zero attached hydrogens (tertiary/aromatic N) is 3. The number of rotatable bonds is 4. The van der Waals surface area contributed by atoms with E-state index < -0.39 is 0 Å². The Morgan fingerprint density at radius 1 is 1.69 bits per heavy atom. The van der Waals surface area contributed by atoms with E-state index in [0.717, 1.165) is 17.4 Å². The van der Waals surface area contributed by atoms with Crippen molar-refractivity contribution in [1.82, 2.24) is 9.88 Å². The van der Waals surface area contributed by atoms with E-state index in [1.54, 1.807) is 11.3 Å². The average molecular weight is 240 g/mol. The fourth-order valence-corrected chi connectivity index (χ4v) is 2.98. The number of likely N-dealkylation sites (tertiary alicyclic amines) is 1. The lowest BCUT2D eigenvalue weighted by atomic mass is 10.2. The maximum atomic E-state index is 5.57. The number of hydrogen-bond acceptors (Lipinski definition) is 5. The standard InChI is InChI=1S/C11H20N4S/c1-14-5-3-4-10(14)7-15(2)11-13-9(6-12)8-16-11/h8,10H,3-7,12H2,1-2H3. The lowest BCUT2D eigenvalue weighted by Gasteiger charge is -2.25. The van der Waals surface area contributed by atoms with E-state index >= 15 is 0 Å². The molecule has 0 aromatic carbocycles. The summed E-state index contributed by atoms with van der Waals surface area (Å²) in [4.78, 5) is 9.18. The third-order valence-electron chi connectivity index (χ3n) is 3.23. The molecule has 1 saturated heterocycles. The van der Waals surface area contributed by atoms with Crippen LogP contribution in [0.2, 0.25) is 0 Å². The third-order valence-corrected chi connectivity index (χ3v) is 4.24. The van der Waals surface area contributed by atoms with Gasteiger partial charge in [-0.3, -0.25) is 0 Å². The van der Waals surface area contributed by atoms with E-state index in [-0.39, 0.29) is 0 Å². The van der Waals surface area contributed by atoms with E-state index in [1.165, 1.54) is 19.4 Å². The van der Waals surface area contributed by atoms with Crippen LogP contribution in [0.3, 0.4) is 0 Å². The van der Waals surface area contributed by atoms with Crippen molar-refractivity contribution >= 4 is 16.5 Å². The quantitative estimate of drug-likeness (QED) is 0.857. The molecule has 1 unspecified atom stereocenters. The summed E-state index contributed by atoms with van der Waals surface area (Å²) in [6.07, 6.45) is 2.62. The van der Waals surface area contributed by atoms with Crippen LogP contribution in [0.5, 0.6) is 0 Å². The molecule has 1 atom stereocenters. The molecule has 1 aliphatic heterocycles. The monoisotopic (exact) mass is 240 g/mol. The Kier molecular flexibility index (Phi) is 3.78. The second-order valence-electron chi connectivity index (χ2n) is 4.48. The number of hydrogen-bond donors (Lipinski definition) is 1. The van der Waals surface area contributed by atoms with E-state index in [0.29, 0.717) is 12.6 Å². The molecule has 16 heavy (non-hydrogen) atoms. The summed E-state index contributed by atoms with van der Waals surface area (Å²) in [6, 6.07) is 0.676. The molecule has 0 saturated carbocycles. The highest BCUT2D eigenvalue weighted by molar-refractivity contribution is 7.13. The number of nitrogens with two attached hydrogens (primary N) is 1. The van der Waals surface area contributed by atoms with Crippen molar-refractivity contribution in [2.75, 3.05) is 32.1 Å². The van der Waals surface area contributed by atoms with Crippen LogP contribution in [-0.4, -0.2) is 43.1 Å². The summed E-state index contributed by atoms with van der Waals surface area (Å²) in [5.41, 5.74) is 6.56. The van der Waals surface area contributed by atoms with Gasteiger partial charge in [0.05, 0.1) is 5.69 Å². The molecule has 0 radical (unpaired) electrons. The molecule has 0 amide bonds. The maximum Gasteiger partial charge on any atom is 0.185 e. The fraction of sp³-hybridized carbons (Fsp3) is 0.727. The first-order valence-electron chi connectivity index (χ1n) is 5.76. The van der Waals surface area contributed by atoms with Gasteiger partial charge in [0.15, 0.2) is 5.13 Å². The van der Waals surface area contributed by atoms with Gasteiger partial charge in [0.25, 0.3) is 0 Å². The Morgan fingerprint density at radius 2 is 2.50 bits per heavy atom. The zero-order chi connectivity index (χ0) is 11.5. The lowest BCUT2D eigenvalue weighted by Crippen LogP contribution is -2.36. The summed E-state index contributed by atoms with van der Waals surface area (Å²) >= 11 is 1.68. The Balaban J connectivity index is 1.94. The normalized spacial score (nSPS) is 21.6. The molecular formula is C11H20N4S. The molecule has 90 valence electrons. The summed E-state index contributed by atoms with van der Waals surface area (Å²) in [7, 11) is 4.32. The van der Waals surface area contributed by atoms with Crippen molar-refractivity contribution in [3.05, 3.63) is 11.1 Å². The first-order valence-corrected chi connectivity index (χ1v) is 6.64. The minimum Gasteiger partial charge on any atom is -0.350 e. The molecule has 1 aliphatic rings. The number of likely N-dealkylation sites (N-methyl/N-ethyl adjacent to an activating group) is 2. The Morgan fingerprint density at radius 3 is 3.06 bits per heavy atom. The van der Waals surface area contributed by atoms with Crippen LogP contribution >= 0.6 is 11.3 Å². The first-order chi connectivity index (χ1) is 7.70. The van der Waals surface area contributed by atoms with Crippen LogP contribution in [0, 0.1) is 0 Å². The van der Waals surface area contributed by atoms with Crippen molar-refractivity contribution in [3.8, 4) is 0 Å². The molecule has 4 nitrogen and oxygen atoms in total. The molecule has 2 rings (SSSR count). The minimum atomic E-state index is 0.535. The van der Waals surface area contributed by atoms with Gasteiger partial charge in [-0.1, -0.05) is 0 Å². The van der Waals surface area contributed by atoms with Gasteiger partial charge in [-0.15, -0.1) is 11.3 Å². The minimum absolute atomic E-state index is 0.535. The molecule has 0 bridgehead atoms. The predicted molar refractivity (Wildman–Crippen MR) is 68.9 cm³/mol. The van der Waals surface area contributed by atoms with Gasteiger partial charge in [-0.25, -0.2) is 4.98 Å². The third kappa shape index (κ3) is 2.53. The van der Waals surface area contributed by atoms with Gasteiger partial charge >= 0.3 is 0 Å². The molecule has 1 aromatic rings. The van der Waals surface area contributed by atoms with Crippen LogP contribution < -0.4 is 10.6 Å². The van der Waals surface area contributed by atoms with Crippen LogP contribution in [0.15, 0.2) is 5.38 Å². The number of thiazole rings is 1. The van der Waals surface area contributed by atoms with E-state index in [2.05, 4.69) is 28.9 Å². The van der Waals surface area contributed by atoms with Crippen molar-refractivity contribution in [2.24, 2.45) is 5.73 Å². The van der Waals surface area contributed by atoms with Gasteiger partial charge in [0.2, 0.25) is 0 Å². The predicted octanol–water partition coefficient (Wildman–Crippen LogP) is 1.13. The molecule has 0 spiro atoms. The zero-order valence-electron chi connectivity index (χ0n) is 10.0. The fourth-order valence-electron chi connectivity index (χ4n) is 2.17. The van der Waals surface area contributed by atoms with Crippen molar-refractivity contribution in [2.45, 2.75) is 25.4 Å². The zero-order valence-corrected chi connectivity index (χ0v) is 10.8. The number of aromatic nitrogens is 1. The summed E-state index contributed by atoms with van der Waals surface area (Å²) in [5, 5.41) is 3.13. The molecule has 5 heteroatoms. The van der Waals surface area contributed by atoms with Crippen LogP contribution in [-0.2, 0) is 6.54 Å². The van der Waals surface area contributed by atoms with Gasteiger partial charge < -0.3 is 15.5 Å². The van der Waals surface area contributed by atoms with E-state index in [1.807, 2.05) is 5.38 Å². The van der Waals surface area contributed by atoms with Gasteiger partial charge in [-0.2, -0.15) is 0 Å². The highest BCUT2D eigenvalue weighted by Crippen LogP contribution is 2.22. The van der Waals surface area contributed by atoms with Crippen molar-refractivity contribution in [1.29, 1.82) is 0 Å². The first kappa shape index (κ1) is 11.8. The highest BCUT2D eigenvalue weighted by atomic mass is 32.1. The molecule has 1 fully saturated rings. The highest BCUT2D eigenvalue weighted by Gasteiger charge is 2.22. The molecule has 2 heterocycles. The Labute approximate surface area is 101 Å². The van der Waals surface area contributed by atoms with Gasteiger partial charge in [0, 0.05) is 31.6 Å². The lowest BCUT2D eigenvalue weighted by molar-refractivity contribution is 0.314. The molecular weight excluding hydrogens is 220 g/mol. The molecule has 0 aliphatic carbocycles. The van der Waals surface area contributed by atoms with Crippen LogP contribution in [0.4, 0.5) is 5.13 Å². The average Bonchev–Trinajstić information content (AvgIpc) is 2.88. The summed E-state index contributed by atoms with van der Waals surface area (Å²) < 4.78 is 0. The topological polar surface area (TPSA) is 45.4 Å². The van der Waals surface area contributed by atoms with Crippen molar-refractivity contribution in [3.63, 3.8) is 0 Å². The molecule has 2 N–H and O–H groups in total. The summed E-state index contributed by atoms with van der Waals surface area (Å²) in [5.74, 6) is 0. The Bertz CT molecular complexity index is 338. The van der Waals surface area contributed by atoms with Gasteiger partial charge in [-0.05, 0) is 26.4 Å². The van der Waals surface area contributed by atoms with E-state index in [9.17, 15) is 0 Å². The second kappa shape index (κ2) is 5.12. The Hall–Kier alpha value is -0.650. The van der Waals surface area contributed by atoms with Crippen LogP contribution in [0.1, 0.15) is 18.5 Å². The summed E-state index contributed by atoms with van der Waals surface area (Å²) in [6.45, 7) is 2.83. The van der Waals surface area contributed by atoms with Crippen LogP contribution in [0.25, 0.3) is 0 Å². The van der Waals surface area contributed by atoms with Gasteiger partial charge in [0.1, 0.15) is 0 Å².